The topological polar surface area (TPSA) is 50.8 Å². The lowest BCUT2D eigenvalue weighted by molar-refractivity contribution is -0.133. The highest BCUT2D eigenvalue weighted by Crippen LogP contribution is 2.43. The number of hydrogen-bond acceptors (Lipinski definition) is 4. The van der Waals surface area contributed by atoms with E-state index in [1.807, 2.05) is 12.1 Å². The number of ether oxygens (including phenoxy) is 2. The van der Waals surface area contributed by atoms with Gasteiger partial charge in [-0.3, -0.25) is 4.79 Å². The summed E-state index contributed by atoms with van der Waals surface area (Å²) in [5, 5.41) is 3.41. The van der Waals surface area contributed by atoms with Gasteiger partial charge in [0, 0.05) is 18.5 Å². The number of carbonyl (C=O) groups is 1. The van der Waals surface area contributed by atoms with Crippen LogP contribution in [0.4, 0.5) is 0 Å². The second-order valence-electron chi connectivity index (χ2n) is 7.89. The minimum Gasteiger partial charge on any atom is -0.486 e. The zero-order valence-corrected chi connectivity index (χ0v) is 15.7. The Labute approximate surface area is 156 Å². The van der Waals surface area contributed by atoms with Crippen molar-refractivity contribution in [3.8, 4) is 11.5 Å². The molecule has 3 aliphatic heterocycles. The fourth-order valence-corrected chi connectivity index (χ4v) is 4.72. The van der Waals surface area contributed by atoms with Crippen molar-refractivity contribution in [2.45, 2.75) is 45.1 Å². The first kappa shape index (κ1) is 17.7. The lowest BCUT2D eigenvalue weighted by atomic mass is 9.84. The van der Waals surface area contributed by atoms with Crippen LogP contribution in [0.5, 0.6) is 11.5 Å². The van der Waals surface area contributed by atoms with Crippen molar-refractivity contribution in [1.82, 2.24) is 10.2 Å². The minimum absolute atomic E-state index is 0.124. The van der Waals surface area contributed by atoms with Crippen molar-refractivity contribution >= 4 is 5.91 Å². The molecular formula is C21H30N2O3. The average Bonchev–Trinajstić information content (AvgIpc) is 3.18. The van der Waals surface area contributed by atoms with E-state index in [0.29, 0.717) is 37.4 Å². The molecule has 5 nitrogen and oxygen atoms in total. The van der Waals surface area contributed by atoms with Crippen LogP contribution in [0.3, 0.4) is 0 Å². The highest BCUT2D eigenvalue weighted by Gasteiger charge is 2.34. The second kappa shape index (κ2) is 7.87. The Hall–Kier alpha value is -1.75. The van der Waals surface area contributed by atoms with Crippen LogP contribution in [0.1, 0.15) is 50.6 Å². The second-order valence-corrected chi connectivity index (χ2v) is 7.89. The molecule has 2 fully saturated rings. The normalized spacial score (nSPS) is 24.5. The van der Waals surface area contributed by atoms with Crippen LogP contribution in [-0.2, 0) is 4.79 Å². The Balaban J connectivity index is 1.47. The summed E-state index contributed by atoms with van der Waals surface area (Å²) in [5.74, 6) is 3.08. The van der Waals surface area contributed by atoms with Crippen molar-refractivity contribution in [3.63, 3.8) is 0 Å². The first-order valence-electron chi connectivity index (χ1n) is 10.1. The van der Waals surface area contributed by atoms with Crippen molar-refractivity contribution in [2.24, 2.45) is 11.8 Å². The van der Waals surface area contributed by atoms with E-state index in [9.17, 15) is 4.79 Å². The molecule has 2 saturated heterocycles. The first-order valence-corrected chi connectivity index (χ1v) is 10.1. The smallest absolute Gasteiger partial charge is 0.223 e. The number of benzene rings is 1. The summed E-state index contributed by atoms with van der Waals surface area (Å²) >= 11 is 0. The number of hydrogen-bond donors (Lipinski definition) is 1. The number of fused-ring (bicyclic) bond motifs is 1. The molecule has 0 saturated carbocycles. The molecule has 26 heavy (non-hydrogen) atoms. The van der Waals surface area contributed by atoms with E-state index in [-0.39, 0.29) is 6.04 Å². The summed E-state index contributed by atoms with van der Waals surface area (Å²) in [6.45, 7) is 6.45. The van der Waals surface area contributed by atoms with Crippen LogP contribution in [0, 0.1) is 11.8 Å². The molecule has 2 atom stereocenters. The zero-order chi connectivity index (χ0) is 17.9. The van der Waals surface area contributed by atoms with E-state index in [0.717, 1.165) is 49.5 Å². The molecule has 1 aromatic carbocycles. The maximum absolute atomic E-state index is 13.1. The number of carbonyl (C=O) groups excluding carboxylic acids is 1. The van der Waals surface area contributed by atoms with Gasteiger partial charge in [-0.05, 0) is 56.7 Å². The van der Waals surface area contributed by atoms with E-state index in [4.69, 9.17) is 9.47 Å². The lowest BCUT2D eigenvalue weighted by Gasteiger charge is -2.32. The van der Waals surface area contributed by atoms with Gasteiger partial charge in [-0.2, -0.15) is 0 Å². The number of likely N-dealkylation sites (tertiary alicyclic amines) is 1. The van der Waals surface area contributed by atoms with Gasteiger partial charge in [0.2, 0.25) is 5.91 Å². The van der Waals surface area contributed by atoms with Crippen LogP contribution in [0.25, 0.3) is 0 Å². The SMILES string of the molecule is CC(CC(=O)N1CCCC1c1cccc2c1OCCO2)C1CCNCC1. The highest BCUT2D eigenvalue weighted by molar-refractivity contribution is 5.77. The molecule has 0 aliphatic carbocycles. The predicted octanol–water partition coefficient (Wildman–Crippen LogP) is 3.15. The van der Waals surface area contributed by atoms with E-state index >= 15 is 0 Å². The minimum atomic E-state index is 0.124. The Morgan fingerprint density at radius 1 is 1.23 bits per heavy atom. The molecule has 0 radical (unpaired) electrons. The highest BCUT2D eigenvalue weighted by atomic mass is 16.6. The average molecular weight is 358 g/mol. The van der Waals surface area contributed by atoms with Gasteiger partial charge in [0.15, 0.2) is 11.5 Å². The number of para-hydroxylation sites is 1. The van der Waals surface area contributed by atoms with Gasteiger partial charge >= 0.3 is 0 Å². The third kappa shape index (κ3) is 3.54. The molecular weight excluding hydrogens is 328 g/mol. The third-order valence-corrected chi connectivity index (χ3v) is 6.21. The lowest BCUT2D eigenvalue weighted by Crippen LogP contribution is -2.35. The Morgan fingerprint density at radius 2 is 2.04 bits per heavy atom. The molecule has 3 heterocycles. The Kier molecular flexibility index (Phi) is 5.34. The van der Waals surface area contributed by atoms with Crippen molar-refractivity contribution in [2.75, 3.05) is 32.8 Å². The molecule has 1 N–H and O–H groups in total. The predicted molar refractivity (Wildman–Crippen MR) is 100 cm³/mol. The summed E-state index contributed by atoms with van der Waals surface area (Å²) in [5.41, 5.74) is 1.11. The Bertz CT molecular complexity index is 642. The fourth-order valence-electron chi connectivity index (χ4n) is 4.72. The van der Waals surface area contributed by atoms with Gasteiger partial charge in [-0.25, -0.2) is 0 Å². The molecule has 3 aliphatic rings. The van der Waals surface area contributed by atoms with Gasteiger partial charge in [0.05, 0.1) is 6.04 Å². The quantitative estimate of drug-likeness (QED) is 0.898. The summed E-state index contributed by atoms with van der Waals surface area (Å²) in [6, 6.07) is 6.19. The van der Waals surface area contributed by atoms with Crippen LogP contribution in [0.15, 0.2) is 18.2 Å². The number of nitrogens with zero attached hydrogens (tertiary/aromatic N) is 1. The number of nitrogens with one attached hydrogen (secondary N) is 1. The maximum atomic E-state index is 13.1. The zero-order valence-electron chi connectivity index (χ0n) is 15.7. The van der Waals surface area contributed by atoms with Crippen molar-refractivity contribution in [1.29, 1.82) is 0 Å². The van der Waals surface area contributed by atoms with Gasteiger partial charge in [-0.15, -0.1) is 0 Å². The summed E-state index contributed by atoms with van der Waals surface area (Å²) in [4.78, 5) is 15.2. The molecule has 0 bridgehead atoms. The molecule has 1 amide bonds. The van der Waals surface area contributed by atoms with Gasteiger partial charge < -0.3 is 19.7 Å². The molecule has 4 rings (SSSR count). The number of piperidine rings is 1. The molecule has 0 aromatic heterocycles. The first-order chi connectivity index (χ1) is 12.7. The van der Waals surface area contributed by atoms with Crippen LogP contribution in [0.2, 0.25) is 0 Å². The van der Waals surface area contributed by atoms with Crippen LogP contribution < -0.4 is 14.8 Å². The van der Waals surface area contributed by atoms with E-state index in [1.54, 1.807) is 0 Å². The molecule has 1 aromatic rings. The van der Waals surface area contributed by atoms with Crippen molar-refractivity contribution < 1.29 is 14.3 Å². The van der Waals surface area contributed by atoms with Gasteiger partial charge in [0.25, 0.3) is 0 Å². The van der Waals surface area contributed by atoms with Crippen LogP contribution >= 0.6 is 0 Å². The summed E-state index contributed by atoms with van der Waals surface area (Å²) in [7, 11) is 0. The number of amides is 1. The molecule has 142 valence electrons. The number of rotatable bonds is 4. The molecule has 5 heteroatoms. The Morgan fingerprint density at radius 3 is 2.88 bits per heavy atom. The van der Waals surface area contributed by atoms with E-state index < -0.39 is 0 Å². The van der Waals surface area contributed by atoms with E-state index in [1.165, 1.54) is 12.8 Å². The largest absolute Gasteiger partial charge is 0.486 e. The van der Waals surface area contributed by atoms with Crippen molar-refractivity contribution in [3.05, 3.63) is 23.8 Å². The van der Waals surface area contributed by atoms with E-state index in [2.05, 4.69) is 23.2 Å². The van der Waals surface area contributed by atoms with Gasteiger partial charge in [-0.1, -0.05) is 19.1 Å². The molecule has 2 unspecified atom stereocenters. The summed E-state index contributed by atoms with van der Waals surface area (Å²) < 4.78 is 11.6. The summed E-state index contributed by atoms with van der Waals surface area (Å²) in [6.07, 6.45) is 5.11. The monoisotopic (exact) mass is 358 g/mol. The van der Waals surface area contributed by atoms with Crippen LogP contribution in [-0.4, -0.2) is 43.7 Å². The third-order valence-electron chi connectivity index (χ3n) is 6.21. The standard InChI is InChI=1S/C21H30N2O3/c1-15(16-7-9-22-10-8-16)14-20(24)23-11-3-5-18(23)17-4-2-6-19-21(17)26-13-12-25-19/h2,4,6,15-16,18,22H,3,5,7-14H2,1H3. The maximum Gasteiger partial charge on any atom is 0.223 e. The van der Waals surface area contributed by atoms with Gasteiger partial charge in [0.1, 0.15) is 13.2 Å². The molecule has 0 spiro atoms. The fraction of sp³-hybridized carbons (Fsp3) is 0.667.